The first-order valence-corrected chi connectivity index (χ1v) is 7.04. The Morgan fingerprint density at radius 1 is 1.14 bits per heavy atom. The molecule has 0 saturated carbocycles. The summed E-state index contributed by atoms with van der Waals surface area (Å²) in [6, 6.07) is 14.0. The summed E-state index contributed by atoms with van der Waals surface area (Å²) in [5.41, 5.74) is 2.51. The molecular formula is C16H10BrFN2O. The Labute approximate surface area is 129 Å². The van der Waals surface area contributed by atoms with Crippen LogP contribution in [0.2, 0.25) is 0 Å². The van der Waals surface area contributed by atoms with Gasteiger partial charge in [-0.25, -0.2) is 9.07 Å². The number of halogens is 2. The molecule has 21 heavy (non-hydrogen) atoms. The normalized spacial score (nSPS) is 10.6. The molecule has 0 saturated heterocycles. The van der Waals surface area contributed by atoms with E-state index in [9.17, 15) is 9.18 Å². The fourth-order valence-corrected chi connectivity index (χ4v) is 2.43. The molecule has 0 N–H and O–H groups in total. The zero-order chi connectivity index (χ0) is 14.8. The van der Waals surface area contributed by atoms with Crippen LogP contribution in [0.25, 0.3) is 16.9 Å². The van der Waals surface area contributed by atoms with Crippen LogP contribution in [-0.2, 0) is 0 Å². The minimum Gasteiger partial charge on any atom is -0.298 e. The number of aromatic nitrogens is 2. The molecule has 0 amide bonds. The van der Waals surface area contributed by atoms with Crippen molar-refractivity contribution in [1.29, 1.82) is 0 Å². The number of benzene rings is 2. The lowest BCUT2D eigenvalue weighted by Crippen LogP contribution is -1.94. The highest BCUT2D eigenvalue weighted by Gasteiger charge is 2.13. The van der Waals surface area contributed by atoms with Gasteiger partial charge in [0.15, 0.2) is 6.29 Å². The van der Waals surface area contributed by atoms with Gasteiger partial charge < -0.3 is 0 Å². The Balaban J connectivity index is 2.12. The lowest BCUT2D eigenvalue weighted by Gasteiger charge is -2.01. The molecule has 0 aliphatic rings. The van der Waals surface area contributed by atoms with Crippen molar-refractivity contribution in [3.8, 4) is 16.9 Å². The van der Waals surface area contributed by atoms with Crippen LogP contribution in [-0.4, -0.2) is 16.1 Å². The molecule has 104 valence electrons. The first-order valence-electron chi connectivity index (χ1n) is 6.25. The molecule has 0 aliphatic heterocycles. The highest BCUT2D eigenvalue weighted by molar-refractivity contribution is 9.10. The standard InChI is InChI=1S/C16H10BrFN2O/c17-14-8-11(6-7-15(14)18)16-12(10-21)9-20(19-16)13-4-2-1-3-5-13/h1-10H. The highest BCUT2D eigenvalue weighted by Crippen LogP contribution is 2.27. The predicted octanol–water partition coefficient (Wildman–Crippen LogP) is 4.25. The molecule has 3 nitrogen and oxygen atoms in total. The lowest BCUT2D eigenvalue weighted by molar-refractivity contribution is 0.112. The number of hydrogen-bond donors (Lipinski definition) is 0. The molecule has 3 aromatic rings. The van der Waals surface area contributed by atoms with Crippen molar-refractivity contribution in [2.24, 2.45) is 0 Å². The average molecular weight is 345 g/mol. The molecule has 1 aromatic heterocycles. The predicted molar refractivity (Wildman–Crippen MR) is 82.0 cm³/mol. The van der Waals surface area contributed by atoms with Crippen molar-refractivity contribution in [1.82, 2.24) is 9.78 Å². The van der Waals surface area contributed by atoms with E-state index in [1.54, 1.807) is 23.0 Å². The third-order valence-corrected chi connectivity index (χ3v) is 3.69. The molecule has 1 heterocycles. The number of hydrogen-bond acceptors (Lipinski definition) is 2. The van der Waals surface area contributed by atoms with E-state index in [4.69, 9.17) is 0 Å². The van der Waals surface area contributed by atoms with Gasteiger partial charge in [-0.1, -0.05) is 18.2 Å². The van der Waals surface area contributed by atoms with Gasteiger partial charge in [0.25, 0.3) is 0 Å². The third kappa shape index (κ3) is 2.64. The zero-order valence-electron chi connectivity index (χ0n) is 10.8. The summed E-state index contributed by atoms with van der Waals surface area (Å²) in [6.45, 7) is 0. The van der Waals surface area contributed by atoms with Gasteiger partial charge in [-0.05, 0) is 46.3 Å². The van der Waals surface area contributed by atoms with Gasteiger partial charge in [-0.3, -0.25) is 4.79 Å². The zero-order valence-corrected chi connectivity index (χ0v) is 12.4. The van der Waals surface area contributed by atoms with Gasteiger partial charge in [-0.2, -0.15) is 5.10 Å². The molecular weight excluding hydrogens is 335 g/mol. The smallest absolute Gasteiger partial charge is 0.153 e. The summed E-state index contributed by atoms with van der Waals surface area (Å²) in [4.78, 5) is 11.3. The van der Waals surface area contributed by atoms with Crippen LogP contribution in [0.5, 0.6) is 0 Å². The molecule has 5 heteroatoms. The monoisotopic (exact) mass is 344 g/mol. The van der Waals surface area contributed by atoms with E-state index < -0.39 is 0 Å². The van der Waals surface area contributed by atoms with Crippen molar-refractivity contribution in [3.63, 3.8) is 0 Å². The second kappa shape index (κ2) is 5.61. The Hall–Kier alpha value is -2.27. The maximum absolute atomic E-state index is 13.3. The van der Waals surface area contributed by atoms with E-state index >= 15 is 0 Å². The number of carbonyl (C=O) groups is 1. The molecule has 2 aromatic carbocycles. The van der Waals surface area contributed by atoms with Crippen molar-refractivity contribution in [2.45, 2.75) is 0 Å². The molecule has 0 spiro atoms. The molecule has 0 unspecified atom stereocenters. The van der Waals surface area contributed by atoms with E-state index in [0.29, 0.717) is 21.3 Å². The van der Waals surface area contributed by atoms with Crippen LogP contribution in [0, 0.1) is 5.82 Å². The third-order valence-electron chi connectivity index (χ3n) is 3.08. The summed E-state index contributed by atoms with van der Waals surface area (Å²) in [5, 5.41) is 4.43. The van der Waals surface area contributed by atoms with E-state index in [2.05, 4.69) is 21.0 Å². The Morgan fingerprint density at radius 2 is 1.90 bits per heavy atom. The Morgan fingerprint density at radius 3 is 2.57 bits per heavy atom. The summed E-state index contributed by atoms with van der Waals surface area (Å²) in [6.07, 6.45) is 2.41. The largest absolute Gasteiger partial charge is 0.298 e. The van der Waals surface area contributed by atoms with E-state index in [1.165, 1.54) is 6.07 Å². The van der Waals surface area contributed by atoms with Gasteiger partial charge in [0.1, 0.15) is 11.5 Å². The van der Waals surface area contributed by atoms with Gasteiger partial charge >= 0.3 is 0 Å². The number of para-hydroxylation sites is 1. The van der Waals surface area contributed by atoms with E-state index in [1.807, 2.05) is 30.3 Å². The number of carbonyl (C=O) groups excluding carboxylic acids is 1. The Bertz CT molecular complexity index is 799. The summed E-state index contributed by atoms with van der Waals surface area (Å²) in [7, 11) is 0. The first kappa shape index (κ1) is 13.7. The van der Waals surface area contributed by atoms with Gasteiger partial charge in [0.2, 0.25) is 0 Å². The fraction of sp³-hybridized carbons (Fsp3) is 0. The van der Waals surface area contributed by atoms with Crippen LogP contribution in [0.4, 0.5) is 4.39 Å². The number of nitrogens with zero attached hydrogens (tertiary/aromatic N) is 2. The van der Waals surface area contributed by atoms with Gasteiger partial charge in [0.05, 0.1) is 15.7 Å². The molecule has 0 radical (unpaired) electrons. The minimum absolute atomic E-state index is 0.339. The average Bonchev–Trinajstić information content (AvgIpc) is 2.95. The topological polar surface area (TPSA) is 34.9 Å². The van der Waals surface area contributed by atoms with Crippen molar-refractivity contribution in [2.75, 3.05) is 0 Å². The van der Waals surface area contributed by atoms with E-state index in [-0.39, 0.29) is 5.82 Å². The second-order valence-electron chi connectivity index (χ2n) is 4.46. The second-order valence-corrected chi connectivity index (χ2v) is 5.31. The van der Waals surface area contributed by atoms with Crippen LogP contribution >= 0.6 is 15.9 Å². The summed E-state index contributed by atoms with van der Waals surface area (Å²) < 4.78 is 15.3. The van der Waals surface area contributed by atoms with Crippen molar-refractivity contribution < 1.29 is 9.18 Å². The Kier molecular flexibility index (Phi) is 3.66. The fourth-order valence-electron chi connectivity index (χ4n) is 2.05. The lowest BCUT2D eigenvalue weighted by atomic mass is 10.1. The highest BCUT2D eigenvalue weighted by atomic mass is 79.9. The maximum Gasteiger partial charge on any atom is 0.153 e. The van der Waals surface area contributed by atoms with Crippen LogP contribution < -0.4 is 0 Å². The van der Waals surface area contributed by atoms with Crippen LogP contribution in [0.15, 0.2) is 59.2 Å². The minimum atomic E-state index is -0.353. The molecule has 0 aliphatic carbocycles. The molecule has 0 atom stereocenters. The quantitative estimate of drug-likeness (QED) is 0.665. The molecule has 0 bridgehead atoms. The van der Waals surface area contributed by atoms with E-state index in [0.717, 1.165) is 12.0 Å². The van der Waals surface area contributed by atoms with Crippen LogP contribution in [0.1, 0.15) is 10.4 Å². The number of rotatable bonds is 3. The molecule has 0 fully saturated rings. The van der Waals surface area contributed by atoms with Crippen LogP contribution in [0.3, 0.4) is 0 Å². The SMILES string of the molecule is O=Cc1cn(-c2ccccc2)nc1-c1ccc(F)c(Br)c1. The number of aldehydes is 1. The van der Waals surface area contributed by atoms with Gasteiger partial charge in [-0.15, -0.1) is 0 Å². The van der Waals surface area contributed by atoms with Gasteiger partial charge in [0, 0.05) is 11.8 Å². The molecule has 3 rings (SSSR count). The summed E-state index contributed by atoms with van der Waals surface area (Å²) >= 11 is 3.14. The van der Waals surface area contributed by atoms with Crippen molar-refractivity contribution in [3.05, 3.63) is 70.6 Å². The first-order chi connectivity index (χ1) is 10.2. The summed E-state index contributed by atoms with van der Waals surface area (Å²) in [5.74, 6) is -0.353. The van der Waals surface area contributed by atoms with Crippen molar-refractivity contribution >= 4 is 22.2 Å². The maximum atomic E-state index is 13.3.